The Kier molecular flexibility index (Phi) is 10.4. The van der Waals surface area contributed by atoms with Gasteiger partial charge in [0.2, 0.25) is 11.7 Å². The maximum absolute atomic E-state index is 14.6. The van der Waals surface area contributed by atoms with Gasteiger partial charge in [0, 0.05) is 31.6 Å². The summed E-state index contributed by atoms with van der Waals surface area (Å²) in [7, 11) is 0. The third-order valence-corrected chi connectivity index (χ3v) is 11.1. The number of carbonyl (C=O) groups is 2. The zero-order chi connectivity index (χ0) is 40.9. The van der Waals surface area contributed by atoms with Crippen LogP contribution in [-0.2, 0) is 22.3 Å². The molecule has 6 heterocycles. The number of carbonyl (C=O) groups excluding carboxylic acids is 2. The van der Waals surface area contributed by atoms with E-state index in [0.29, 0.717) is 48.3 Å². The monoisotopic (exact) mass is 817 g/mol. The van der Waals surface area contributed by atoms with E-state index in [0.717, 1.165) is 29.3 Å². The van der Waals surface area contributed by atoms with Crippen LogP contribution in [0.2, 0.25) is 5.02 Å². The van der Waals surface area contributed by atoms with E-state index in [1.54, 1.807) is 16.4 Å². The predicted molar refractivity (Wildman–Crippen MR) is 208 cm³/mol. The Balaban J connectivity index is 1.13. The fourth-order valence-corrected chi connectivity index (χ4v) is 8.10. The quantitative estimate of drug-likeness (QED) is 0.195. The van der Waals surface area contributed by atoms with E-state index in [-0.39, 0.29) is 66.7 Å². The molecule has 1 fully saturated rings. The number of piperazine rings is 1. The first-order valence-corrected chi connectivity index (χ1v) is 19.2. The van der Waals surface area contributed by atoms with Crippen molar-refractivity contribution in [2.45, 2.75) is 64.4 Å². The number of aromatic nitrogens is 6. The van der Waals surface area contributed by atoms with Crippen LogP contribution in [0, 0.1) is 6.92 Å². The first-order valence-electron chi connectivity index (χ1n) is 18.8. The lowest BCUT2D eigenvalue weighted by molar-refractivity contribution is -0.137. The smallest absolute Gasteiger partial charge is 0.416 e. The van der Waals surface area contributed by atoms with Gasteiger partial charge in [-0.2, -0.15) is 22.7 Å². The molecule has 58 heavy (non-hydrogen) atoms. The van der Waals surface area contributed by atoms with Crippen LogP contribution in [0.15, 0.2) is 65.7 Å². The second-order valence-corrected chi connectivity index (χ2v) is 15.1. The molecule has 14 nitrogen and oxygen atoms in total. The highest BCUT2D eigenvalue weighted by Crippen LogP contribution is 2.43. The fourth-order valence-electron chi connectivity index (χ4n) is 7.87. The zero-order valence-electron chi connectivity index (χ0n) is 31.8. The van der Waals surface area contributed by atoms with E-state index in [4.69, 9.17) is 26.1 Å². The van der Waals surface area contributed by atoms with Crippen LogP contribution in [0.25, 0.3) is 11.4 Å². The van der Waals surface area contributed by atoms with E-state index in [2.05, 4.69) is 20.4 Å². The first kappa shape index (κ1) is 39.0. The molecule has 0 saturated carbocycles. The molecule has 0 radical (unpaired) electrons. The van der Waals surface area contributed by atoms with Crippen molar-refractivity contribution in [3.05, 3.63) is 110 Å². The Labute approximate surface area is 335 Å². The third kappa shape index (κ3) is 7.28. The molecular weight excluding hydrogens is 779 g/mol. The number of ether oxygens (including phenoxy) is 2. The molecule has 302 valence electrons. The van der Waals surface area contributed by atoms with Crippen molar-refractivity contribution < 1.29 is 32.2 Å². The summed E-state index contributed by atoms with van der Waals surface area (Å²) in [5.41, 5.74) is 1.89. The second-order valence-electron chi connectivity index (χ2n) is 14.6. The lowest BCUT2D eigenvalue weighted by atomic mass is 10.0. The van der Waals surface area contributed by atoms with Crippen molar-refractivity contribution in [3.8, 4) is 5.75 Å². The maximum atomic E-state index is 14.6. The molecule has 2 amide bonds. The van der Waals surface area contributed by atoms with Gasteiger partial charge in [0.15, 0.2) is 17.3 Å². The van der Waals surface area contributed by atoms with Crippen molar-refractivity contribution in [2.75, 3.05) is 43.1 Å². The number of benzene rings is 2. The molecule has 8 rings (SSSR count). The number of amides is 2. The Morgan fingerprint density at radius 2 is 1.88 bits per heavy atom. The average Bonchev–Trinajstić information content (AvgIpc) is 3.81. The van der Waals surface area contributed by atoms with E-state index < -0.39 is 35.3 Å². The molecule has 3 atom stereocenters. The van der Waals surface area contributed by atoms with Crippen LogP contribution < -0.4 is 20.5 Å². The number of aryl methyl sites for hydroxylation is 1. The number of nitrogens with one attached hydrogen (secondary N) is 1. The Hall–Kier alpha value is -5.81. The van der Waals surface area contributed by atoms with Crippen LogP contribution in [0.5, 0.6) is 5.75 Å². The molecule has 0 aliphatic carbocycles. The highest BCUT2D eigenvalue weighted by atomic mass is 35.5. The number of alkyl halides is 3. The van der Waals surface area contributed by atoms with Gasteiger partial charge >= 0.3 is 6.18 Å². The topological polar surface area (TPSA) is 149 Å². The van der Waals surface area contributed by atoms with Gasteiger partial charge in [-0.3, -0.25) is 19.0 Å². The summed E-state index contributed by atoms with van der Waals surface area (Å²) < 4.78 is 54.6. The summed E-state index contributed by atoms with van der Waals surface area (Å²) in [5, 5.41) is 7.08. The zero-order valence-corrected chi connectivity index (χ0v) is 32.5. The highest BCUT2D eigenvalue weighted by molar-refractivity contribution is 6.33. The lowest BCUT2D eigenvalue weighted by Crippen LogP contribution is -2.55. The number of hydrogen-bond acceptors (Lipinski definition) is 10. The number of fused-ring (bicyclic) bond motifs is 3. The first-order chi connectivity index (χ1) is 27.8. The van der Waals surface area contributed by atoms with Crippen LogP contribution in [0.4, 0.5) is 24.5 Å². The van der Waals surface area contributed by atoms with Gasteiger partial charge in [-0.05, 0) is 56.0 Å². The molecule has 1 N–H and O–H groups in total. The molecule has 0 spiro atoms. The average molecular weight is 818 g/mol. The van der Waals surface area contributed by atoms with Gasteiger partial charge in [-0.25, -0.2) is 9.97 Å². The molecule has 2 aromatic carbocycles. The molecule has 3 aliphatic rings. The minimum atomic E-state index is -4.61. The SMILES string of the molecule is Cc1ncnc(C(=O)N2CCN(c3c4n(c5nc(C6=CCOCC6)nn5c3=O)[C@H](C(=O)Nc3ccc(C(F)(F)F)cc3Cl)C[C@H]4C)C[C@H]2C)c1OCc1ccccc1. The van der Waals surface area contributed by atoms with Gasteiger partial charge < -0.3 is 24.6 Å². The number of halogens is 4. The summed E-state index contributed by atoms with van der Waals surface area (Å²) in [5.74, 6) is -0.449. The Bertz CT molecular complexity index is 2510. The van der Waals surface area contributed by atoms with Gasteiger partial charge in [-0.1, -0.05) is 54.9 Å². The van der Waals surface area contributed by atoms with Crippen molar-refractivity contribution in [1.82, 2.24) is 34.0 Å². The molecule has 3 aromatic heterocycles. The van der Waals surface area contributed by atoms with Crippen LogP contribution in [0.1, 0.15) is 77.5 Å². The minimum absolute atomic E-state index is 0.00898. The number of hydrogen-bond donors (Lipinski definition) is 1. The van der Waals surface area contributed by atoms with Gasteiger partial charge in [0.05, 0.1) is 40.9 Å². The van der Waals surface area contributed by atoms with Gasteiger partial charge in [0.1, 0.15) is 24.7 Å². The minimum Gasteiger partial charge on any atom is -0.485 e. The number of rotatable bonds is 8. The Morgan fingerprint density at radius 1 is 1.09 bits per heavy atom. The van der Waals surface area contributed by atoms with Crippen LogP contribution in [-0.4, -0.2) is 84.7 Å². The maximum Gasteiger partial charge on any atom is 0.416 e. The second kappa shape index (κ2) is 15.5. The van der Waals surface area contributed by atoms with E-state index in [1.807, 2.05) is 55.2 Å². The number of anilines is 2. The standard InChI is InChI=1S/C40H39ClF3N9O5/c1-22-17-30(36(54)47-29-10-9-27(18-28(29)41)40(42,43)44)52-32(22)33(38(56)53-39(52)48-35(49-53)26-11-15-57-16-12-26)50-13-14-51(23(2)19-50)37(55)31-34(24(3)45-21-46-31)58-20-25-7-5-4-6-8-25/h4-11,18,21-23,30H,12-17,19-20H2,1-3H3,(H,47,54)/t22-,23-,30+/m1/s1. The predicted octanol–water partition coefficient (Wildman–Crippen LogP) is 6.08. The third-order valence-electron chi connectivity index (χ3n) is 10.8. The lowest BCUT2D eigenvalue weighted by Gasteiger charge is -2.41. The number of nitrogens with zero attached hydrogens (tertiary/aromatic N) is 8. The molecule has 0 unspecified atom stereocenters. The molecule has 5 aromatic rings. The summed E-state index contributed by atoms with van der Waals surface area (Å²) in [4.78, 5) is 59.9. The highest BCUT2D eigenvalue weighted by Gasteiger charge is 2.42. The molecular formula is C40H39ClF3N9O5. The van der Waals surface area contributed by atoms with Crippen molar-refractivity contribution >= 4 is 46.1 Å². The van der Waals surface area contributed by atoms with E-state index in [1.165, 1.54) is 10.8 Å². The largest absolute Gasteiger partial charge is 0.485 e. The van der Waals surface area contributed by atoms with Crippen LogP contribution >= 0.6 is 11.6 Å². The van der Waals surface area contributed by atoms with Gasteiger partial charge in [-0.15, -0.1) is 5.10 Å². The molecule has 0 bridgehead atoms. The summed E-state index contributed by atoms with van der Waals surface area (Å²) in [6, 6.07) is 11.0. The van der Waals surface area contributed by atoms with Gasteiger partial charge in [0.25, 0.3) is 11.5 Å². The Morgan fingerprint density at radius 3 is 2.59 bits per heavy atom. The summed E-state index contributed by atoms with van der Waals surface area (Å²) in [6.07, 6.45) is -0.655. The molecule has 1 saturated heterocycles. The fraction of sp³-hybridized carbons (Fsp3) is 0.375. The molecule has 3 aliphatic heterocycles. The van der Waals surface area contributed by atoms with Crippen molar-refractivity contribution in [1.29, 1.82) is 0 Å². The van der Waals surface area contributed by atoms with Crippen LogP contribution in [0.3, 0.4) is 0 Å². The van der Waals surface area contributed by atoms with E-state index in [9.17, 15) is 27.6 Å². The van der Waals surface area contributed by atoms with Crippen molar-refractivity contribution in [3.63, 3.8) is 0 Å². The normalized spacial score (nSPS) is 19.6. The summed E-state index contributed by atoms with van der Waals surface area (Å²) >= 11 is 6.24. The molecule has 18 heteroatoms. The summed E-state index contributed by atoms with van der Waals surface area (Å²) in [6.45, 7) is 7.34. The van der Waals surface area contributed by atoms with Crippen molar-refractivity contribution in [2.24, 2.45) is 0 Å². The van der Waals surface area contributed by atoms with E-state index >= 15 is 0 Å².